The number of nitrogens with one attached hydrogen (secondary N) is 1. The molecular formula is C24H22FN7O2. The van der Waals surface area contributed by atoms with Crippen LogP contribution in [0.2, 0.25) is 0 Å². The van der Waals surface area contributed by atoms with Crippen molar-refractivity contribution < 1.29 is 13.9 Å². The van der Waals surface area contributed by atoms with Gasteiger partial charge in [-0.3, -0.25) is 4.79 Å². The number of benzene rings is 2. The highest BCUT2D eigenvalue weighted by atomic mass is 19.1. The van der Waals surface area contributed by atoms with Crippen LogP contribution in [0.1, 0.15) is 0 Å². The van der Waals surface area contributed by atoms with Crippen molar-refractivity contribution in [2.75, 3.05) is 36.9 Å². The molecule has 34 heavy (non-hydrogen) atoms. The third-order valence-corrected chi connectivity index (χ3v) is 5.56. The van der Waals surface area contributed by atoms with Crippen molar-refractivity contribution in [3.63, 3.8) is 0 Å². The molecule has 0 radical (unpaired) electrons. The summed E-state index contributed by atoms with van der Waals surface area (Å²) in [6, 6.07) is 14.6. The molecule has 3 heterocycles. The quantitative estimate of drug-likeness (QED) is 0.447. The first-order valence-corrected chi connectivity index (χ1v) is 10.8. The molecule has 2 aromatic carbocycles. The summed E-state index contributed by atoms with van der Waals surface area (Å²) in [6.07, 6.45) is 1.56. The minimum atomic E-state index is -0.536. The molecule has 4 aromatic rings. The molecule has 1 aliphatic rings. The van der Waals surface area contributed by atoms with Crippen LogP contribution in [0, 0.1) is 5.82 Å². The third-order valence-electron chi connectivity index (χ3n) is 5.56. The molecule has 0 saturated carbocycles. The summed E-state index contributed by atoms with van der Waals surface area (Å²) in [4.78, 5) is 32.8. The maximum absolute atomic E-state index is 13.4. The van der Waals surface area contributed by atoms with Gasteiger partial charge in [-0.25, -0.2) is 14.4 Å². The number of Topliss-reactive ketones (excluding diaryl/α,β-unsaturated/α-hetero) is 1. The number of nitrogens with zero attached hydrogens (tertiary/aromatic N) is 5. The van der Waals surface area contributed by atoms with Crippen LogP contribution in [0.5, 0.6) is 5.75 Å². The number of rotatable bonds is 6. The molecule has 1 unspecified atom stereocenters. The number of carbonyl (C=O) groups excluding carboxylic acids is 1. The molecule has 1 saturated heterocycles. The van der Waals surface area contributed by atoms with Crippen LogP contribution < -0.4 is 20.7 Å². The van der Waals surface area contributed by atoms with Gasteiger partial charge in [0, 0.05) is 25.2 Å². The van der Waals surface area contributed by atoms with E-state index in [0.717, 1.165) is 0 Å². The summed E-state index contributed by atoms with van der Waals surface area (Å²) in [5.74, 6) is 0.644. The summed E-state index contributed by atoms with van der Waals surface area (Å²) in [7, 11) is 0. The second-order valence-corrected chi connectivity index (χ2v) is 7.82. The number of halogens is 1. The first-order valence-electron chi connectivity index (χ1n) is 10.8. The molecule has 0 spiro atoms. The number of ether oxygens (including phenoxy) is 1. The zero-order valence-electron chi connectivity index (χ0n) is 18.2. The van der Waals surface area contributed by atoms with E-state index < -0.39 is 6.04 Å². The molecule has 0 bridgehead atoms. The molecule has 1 atom stereocenters. The number of aromatic nitrogens is 4. The molecular weight excluding hydrogens is 437 g/mol. The van der Waals surface area contributed by atoms with Crippen molar-refractivity contribution in [1.29, 1.82) is 0 Å². The Labute approximate surface area is 194 Å². The van der Waals surface area contributed by atoms with Crippen LogP contribution in [-0.4, -0.2) is 58.0 Å². The number of anilines is 2. The van der Waals surface area contributed by atoms with Gasteiger partial charge in [0.15, 0.2) is 22.8 Å². The van der Waals surface area contributed by atoms with E-state index in [1.54, 1.807) is 30.5 Å². The van der Waals surface area contributed by atoms with Crippen LogP contribution in [0.4, 0.5) is 16.2 Å². The van der Waals surface area contributed by atoms with Crippen LogP contribution >= 0.6 is 0 Å². The second-order valence-electron chi connectivity index (χ2n) is 7.82. The number of para-hydroxylation sites is 1. The number of piperazine rings is 1. The average Bonchev–Trinajstić information content (AvgIpc) is 2.87. The Morgan fingerprint density at radius 1 is 1.12 bits per heavy atom. The van der Waals surface area contributed by atoms with E-state index >= 15 is 0 Å². The Hall–Kier alpha value is -4.18. The van der Waals surface area contributed by atoms with E-state index in [1.807, 2.05) is 23.1 Å². The second kappa shape index (κ2) is 9.36. The summed E-state index contributed by atoms with van der Waals surface area (Å²) in [6.45, 7) is 1.50. The lowest BCUT2D eigenvalue weighted by atomic mass is 10.1. The van der Waals surface area contributed by atoms with E-state index in [-0.39, 0.29) is 24.2 Å². The van der Waals surface area contributed by atoms with Crippen molar-refractivity contribution in [2.24, 2.45) is 0 Å². The van der Waals surface area contributed by atoms with Gasteiger partial charge in [0.05, 0.1) is 11.9 Å². The highest BCUT2D eigenvalue weighted by molar-refractivity contribution is 5.93. The third kappa shape index (κ3) is 4.48. The van der Waals surface area contributed by atoms with Gasteiger partial charge in [0.25, 0.3) is 0 Å². The lowest BCUT2D eigenvalue weighted by Crippen LogP contribution is -2.56. The number of hydrogen-bond acceptors (Lipinski definition) is 9. The number of nitrogens with two attached hydrogens (primary N) is 1. The molecule has 9 nitrogen and oxygen atoms in total. The Balaban J connectivity index is 1.49. The molecule has 10 heteroatoms. The van der Waals surface area contributed by atoms with Crippen molar-refractivity contribution in [3.8, 4) is 17.0 Å². The first kappa shape index (κ1) is 21.7. The SMILES string of the molecule is Nc1nc(N2CCNCC2C(=O)COc2ccccc2)c2nc(-c3ccc(F)cc3)cnc2n1. The maximum Gasteiger partial charge on any atom is 0.224 e. The van der Waals surface area contributed by atoms with E-state index in [9.17, 15) is 9.18 Å². The highest BCUT2D eigenvalue weighted by Gasteiger charge is 2.32. The Kier molecular flexibility index (Phi) is 5.96. The molecule has 5 rings (SSSR count). The van der Waals surface area contributed by atoms with Crippen molar-refractivity contribution in [1.82, 2.24) is 25.3 Å². The van der Waals surface area contributed by atoms with Crippen molar-refractivity contribution >= 4 is 28.7 Å². The van der Waals surface area contributed by atoms with Gasteiger partial charge in [-0.1, -0.05) is 18.2 Å². The van der Waals surface area contributed by atoms with Gasteiger partial charge in [-0.05, 0) is 36.4 Å². The standard InChI is InChI=1S/C24H22FN7O2/c25-16-8-6-15(7-9-16)18-12-28-22-21(29-18)23(31-24(26)30-22)32-11-10-27-13-19(32)20(33)14-34-17-4-2-1-3-5-17/h1-9,12,19,27H,10-11,13-14H2,(H2,26,28,30,31). The largest absolute Gasteiger partial charge is 0.486 e. The maximum atomic E-state index is 13.4. The zero-order chi connectivity index (χ0) is 23.5. The topological polar surface area (TPSA) is 119 Å². The molecule has 1 fully saturated rings. The van der Waals surface area contributed by atoms with Crippen LogP contribution in [0.25, 0.3) is 22.4 Å². The fraction of sp³-hybridized carbons (Fsp3) is 0.208. The van der Waals surface area contributed by atoms with Crippen LogP contribution in [-0.2, 0) is 4.79 Å². The Bertz CT molecular complexity index is 1320. The number of nitrogen functional groups attached to an aromatic ring is 1. The van der Waals surface area contributed by atoms with E-state index in [0.29, 0.717) is 53.6 Å². The van der Waals surface area contributed by atoms with Crippen molar-refractivity contribution in [3.05, 3.63) is 66.6 Å². The van der Waals surface area contributed by atoms with Crippen LogP contribution in [0.3, 0.4) is 0 Å². The van der Waals surface area contributed by atoms with Crippen LogP contribution in [0.15, 0.2) is 60.8 Å². The fourth-order valence-corrected chi connectivity index (χ4v) is 3.88. The molecule has 0 amide bonds. The normalized spacial score (nSPS) is 15.9. The summed E-state index contributed by atoms with van der Waals surface area (Å²) in [5, 5.41) is 3.25. The van der Waals surface area contributed by atoms with E-state index in [1.165, 1.54) is 12.1 Å². The predicted molar refractivity (Wildman–Crippen MR) is 126 cm³/mol. The smallest absolute Gasteiger partial charge is 0.224 e. The number of fused-ring (bicyclic) bond motifs is 1. The highest BCUT2D eigenvalue weighted by Crippen LogP contribution is 2.27. The Morgan fingerprint density at radius 2 is 1.91 bits per heavy atom. The van der Waals surface area contributed by atoms with Gasteiger partial charge < -0.3 is 20.7 Å². The van der Waals surface area contributed by atoms with Gasteiger partial charge in [-0.2, -0.15) is 9.97 Å². The summed E-state index contributed by atoms with van der Waals surface area (Å²) in [5.41, 5.74) is 7.94. The lowest BCUT2D eigenvalue weighted by molar-refractivity contribution is -0.122. The monoisotopic (exact) mass is 459 g/mol. The van der Waals surface area contributed by atoms with Gasteiger partial charge in [0.2, 0.25) is 5.95 Å². The number of ketones is 1. The van der Waals surface area contributed by atoms with E-state index in [4.69, 9.17) is 15.5 Å². The zero-order valence-corrected chi connectivity index (χ0v) is 18.2. The summed E-state index contributed by atoms with van der Waals surface area (Å²) < 4.78 is 19.1. The predicted octanol–water partition coefficient (Wildman–Crippen LogP) is 2.23. The van der Waals surface area contributed by atoms with Crippen molar-refractivity contribution in [2.45, 2.75) is 6.04 Å². The minimum Gasteiger partial charge on any atom is -0.486 e. The average molecular weight is 459 g/mol. The molecule has 1 aliphatic heterocycles. The van der Waals surface area contributed by atoms with Gasteiger partial charge in [0.1, 0.15) is 24.2 Å². The first-order chi connectivity index (χ1) is 16.6. The fourth-order valence-electron chi connectivity index (χ4n) is 3.88. The molecule has 3 N–H and O–H groups in total. The lowest BCUT2D eigenvalue weighted by Gasteiger charge is -2.36. The number of hydrogen-bond donors (Lipinski definition) is 2. The summed E-state index contributed by atoms with van der Waals surface area (Å²) >= 11 is 0. The van der Waals surface area contributed by atoms with Gasteiger partial charge >= 0.3 is 0 Å². The minimum absolute atomic E-state index is 0.0385. The molecule has 172 valence electrons. The van der Waals surface area contributed by atoms with E-state index in [2.05, 4.69) is 20.3 Å². The molecule has 2 aromatic heterocycles. The van der Waals surface area contributed by atoms with Gasteiger partial charge in [-0.15, -0.1) is 0 Å². The molecule has 0 aliphatic carbocycles. The Morgan fingerprint density at radius 3 is 2.71 bits per heavy atom. The number of carbonyl (C=O) groups is 1.